The number of nitrogens with two attached hydrogens (primary N) is 1. The normalized spacial score (nSPS) is 11.9. The predicted octanol–water partition coefficient (Wildman–Crippen LogP) is 1.02. The van der Waals surface area contributed by atoms with Gasteiger partial charge in [0.05, 0.1) is 12.7 Å². The summed E-state index contributed by atoms with van der Waals surface area (Å²) in [6, 6.07) is 7.14. The van der Waals surface area contributed by atoms with Crippen molar-refractivity contribution in [2.24, 2.45) is 11.7 Å². The van der Waals surface area contributed by atoms with Crippen molar-refractivity contribution < 1.29 is 9.53 Å². The van der Waals surface area contributed by atoms with E-state index in [0.717, 1.165) is 0 Å². The fraction of sp³-hybridized carbons (Fsp3) is 0.417. The zero-order chi connectivity index (χ0) is 12.0. The summed E-state index contributed by atoms with van der Waals surface area (Å²) in [7, 11) is 1.55. The second-order valence-electron chi connectivity index (χ2n) is 3.75. The Morgan fingerprint density at radius 1 is 1.50 bits per heavy atom. The molecule has 4 heteroatoms. The van der Waals surface area contributed by atoms with Gasteiger partial charge in [0.15, 0.2) is 0 Å². The number of para-hydroxylation sites is 1. The summed E-state index contributed by atoms with van der Waals surface area (Å²) in [5.41, 5.74) is 6.03. The fourth-order valence-electron chi connectivity index (χ4n) is 1.28. The van der Waals surface area contributed by atoms with E-state index in [-0.39, 0.29) is 11.8 Å². The van der Waals surface area contributed by atoms with Crippen LogP contribution in [0, 0.1) is 5.92 Å². The molecule has 1 atom stereocenters. The van der Waals surface area contributed by atoms with Gasteiger partial charge in [-0.05, 0) is 24.6 Å². The molecule has 0 fully saturated rings. The van der Waals surface area contributed by atoms with Gasteiger partial charge < -0.3 is 15.8 Å². The van der Waals surface area contributed by atoms with Crippen molar-refractivity contribution >= 4 is 5.91 Å². The number of rotatable bonds is 5. The highest BCUT2D eigenvalue weighted by Crippen LogP contribution is 2.16. The predicted molar refractivity (Wildman–Crippen MR) is 63.5 cm³/mol. The molecule has 1 amide bonds. The minimum Gasteiger partial charge on any atom is -0.496 e. The molecule has 1 aromatic rings. The van der Waals surface area contributed by atoms with Crippen LogP contribution < -0.4 is 15.8 Å². The Bertz CT molecular complexity index is 353. The Hall–Kier alpha value is -1.55. The highest BCUT2D eigenvalue weighted by molar-refractivity contribution is 5.96. The van der Waals surface area contributed by atoms with Crippen LogP contribution >= 0.6 is 0 Å². The summed E-state index contributed by atoms with van der Waals surface area (Å²) in [5, 5.41) is 2.83. The van der Waals surface area contributed by atoms with Crippen molar-refractivity contribution in [2.75, 3.05) is 20.2 Å². The second-order valence-corrected chi connectivity index (χ2v) is 3.75. The van der Waals surface area contributed by atoms with E-state index in [2.05, 4.69) is 5.32 Å². The van der Waals surface area contributed by atoms with E-state index >= 15 is 0 Å². The number of carbonyl (C=O) groups excluding carboxylic acids is 1. The van der Waals surface area contributed by atoms with Gasteiger partial charge in [0.25, 0.3) is 5.91 Å². The molecule has 4 nitrogen and oxygen atoms in total. The van der Waals surface area contributed by atoms with Crippen LogP contribution in [0.15, 0.2) is 24.3 Å². The summed E-state index contributed by atoms with van der Waals surface area (Å²) in [6.45, 7) is 3.13. The van der Waals surface area contributed by atoms with Crippen LogP contribution in [0.1, 0.15) is 17.3 Å². The lowest BCUT2D eigenvalue weighted by Crippen LogP contribution is -2.31. The molecular weight excluding hydrogens is 204 g/mol. The molecule has 0 aromatic heterocycles. The molecule has 0 aliphatic heterocycles. The zero-order valence-corrected chi connectivity index (χ0v) is 9.69. The molecule has 0 aliphatic carbocycles. The molecule has 0 saturated heterocycles. The first-order chi connectivity index (χ1) is 7.69. The smallest absolute Gasteiger partial charge is 0.255 e. The van der Waals surface area contributed by atoms with Crippen LogP contribution in [0.4, 0.5) is 0 Å². The van der Waals surface area contributed by atoms with Gasteiger partial charge in [-0.2, -0.15) is 0 Å². The number of nitrogens with one attached hydrogen (secondary N) is 1. The maximum Gasteiger partial charge on any atom is 0.255 e. The fourth-order valence-corrected chi connectivity index (χ4v) is 1.28. The number of benzene rings is 1. The molecule has 1 unspecified atom stereocenters. The Balaban J connectivity index is 2.65. The average Bonchev–Trinajstić information content (AvgIpc) is 2.35. The van der Waals surface area contributed by atoms with Gasteiger partial charge in [-0.25, -0.2) is 0 Å². The topological polar surface area (TPSA) is 64.3 Å². The highest BCUT2D eigenvalue weighted by atomic mass is 16.5. The van der Waals surface area contributed by atoms with Crippen LogP contribution in [-0.2, 0) is 0 Å². The maximum atomic E-state index is 11.8. The lowest BCUT2D eigenvalue weighted by Gasteiger charge is -2.11. The van der Waals surface area contributed by atoms with E-state index in [9.17, 15) is 4.79 Å². The first-order valence-electron chi connectivity index (χ1n) is 5.30. The standard InChI is InChI=1S/C12H18N2O2/c1-9(7-13)8-14-12(15)10-5-3-4-6-11(10)16-2/h3-6,9H,7-8,13H2,1-2H3,(H,14,15). The lowest BCUT2D eigenvalue weighted by atomic mass is 10.1. The van der Waals surface area contributed by atoms with Gasteiger partial charge >= 0.3 is 0 Å². The van der Waals surface area contributed by atoms with Crippen molar-refractivity contribution in [3.05, 3.63) is 29.8 Å². The SMILES string of the molecule is COc1ccccc1C(=O)NCC(C)CN. The molecular formula is C12H18N2O2. The van der Waals surface area contributed by atoms with Gasteiger partial charge in [-0.3, -0.25) is 4.79 Å². The highest BCUT2D eigenvalue weighted by Gasteiger charge is 2.11. The molecule has 0 bridgehead atoms. The third-order valence-electron chi connectivity index (χ3n) is 2.37. The molecule has 88 valence electrons. The first kappa shape index (κ1) is 12.5. The number of hydrogen-bond acceptors (Lipinski definition) is 3. The minimum absolute atomic E-state index is 0.127. The summed E-state index contributed by atoms with van der Waals surface area (Å²) in [4.78, 5) is 11.8. The third-order valence-corrected chi connectivity index (χ3v) is 2.37. The van der Waals surface area contributed by atoms with Gasteiger partial charge in [0.1, 0.15) is 5.75 Å². The quantitative estimate of drug-likeness (QED) is 0.781. The van der Waals surface area contributed by atoms with E-state index in [4.69, 9.17) is 10.5 Å². The van der Waals surface area contributed by atoms with Crippen molar-refractivity contribution in [1.29, 1.82) is 0 Å². The molecule has 0 heterocycles. The molecule has 0 aliphatic rings. The molecule has 0 radical (unpaired) electrons. The Morgan fingerprint density at radius 3 is 2.81 bits per heavy atom. The molecule has 16 heavy (non-hydrogen) atoms. The molecule has 0 spiro atoms. The van der Waals surface area contributed by atoms with Crippen LogP contribution in [-0.4, -0.2) is 26.1 Å². The van der Waals surface area contributed by atoms with Gasteiger partial charge in [0.2, 0.25) is 0 Å². The molecule has 1 aromatic carbocycles. The number of carbonyl (C=O) groups is 1. The summed E-state index contributed by atoms with van der Waals surface area (Å²) < 4.78 is 5.11. The van der Waals surface area contributed by atoms with Gasteiger partial charge in [-0.15, -0.1) is 0 Å². The van der Waals surface area contributed by atoms with Crippen molar-refractivity contribution in [1.82, 2.24) is 5.32 Å². The van der Waals surface area contributed by atoms with Gasteiger partial charge in [-0.1, -0.05) is 19.1 Å². The zero-order valence-electron chi connectivity index (χ0n) is 9.69. The summed E-state index contributed by atoms with van der Waals surface area (Å²) >= 11 is 0. The Kier molecular flexibility index (Phi) is 4.79. The van der Waals surface area contributed by atoms with E-state index < -0.39 is 0 Å². The van der Waals surface area contributed by atoms with Crippen LogP contribution in [0.5, 0.6) is 5.75 Å². The molecule has 1 rings (SSSR count). The van der Waals surface area contributed by atoms with E-state index in [1.807, 2.05) is 19.1 Å². The number of hydrogen-bond donors (Lipinski definition) is 2. The second kappa shape index (κ2) is 6.12. The van der Waals surface area contributed by atoms with Crippen LogP contribution in [0.25, 0.3) is 0 Å². The number of methoxy groups -OCH3 is 1. The minimum atomic E-state index is -0.127. The van der Waals surface area contributed by atoms with E-state index in [0.29, 0.717) is 24.4 Å². The third kappa shape index (κ3) is 3.24. The summed E-state index contributed by atoms with van der Waals surface area (Å²) in [6.07, 6.45) is 0. The number of amides is 1. The van der Waals surface area contributed by atoms with Crippen LogP contribution in [0.3, 0.4) is 0 Å². The average molecular weight is 222 g/mol. The number of ether oxygens (including phenoxy) is 1. The largest absolute Gasteiger partial charge is 0.496 e. The van der Waals surface area contributed by atoms with Crippen molar-refractivity contribution in [2.45, 2.75) is 6.92 Å². The maximum absolute atomic E-state index is 11.8. The lowest BCUT2D eigenvalue weighted by molar-refractivity contribution is 0.0945. The van der Waals surface area contributed by atoms with Crippen molar-refractivity contribution in [3.8, 4) is 5.75 Å². The molecule has 3 N–H and O–H groups in total. The Labute approximate surface area is 95.8 Å². The Morgan fingerprint density at radius 2 is 2.19 bits per heavy atom. The summed E-state index contributed by atoms with van der Waals surface area (Å²) in [5.74, 6) is 0.733. The molecule has 0 saturated carbocycles. The van der Waals surface area contributed by atoms with E-state index in [1.165, 1.54) is 0 Å². The first-order valence-corrected chi connectivity index (χ1v) is 5.30. The van der Waals surface area contributed by atoms with Gasteiger partial charge in [0, 0.05) is 6.54 Å². The van der Waals surface area contributed by atoms with Crippen LogP contribution in [0.2, 0.25) is 0 Å². The van der Waals surface area contributed by atoms with Crippen molar-refractivity contribution in [3.63, 3.8) is 0 Å². The van der Waals surface area contributed by atoms with E-state index in [1.54, 1.807) is 19.2 Å². The monoisotopic (exact) mass is 222 g/mol.